The van der Waals surface area contributed by atoms with Gasteiger partial charge in [-0.25, -0.2) is 4.99 Å². The maximum absolute atomic E-state index is 12.9. The second kappa shape index (κ2) is 6.87. The number of anilines is 1. The number of fused-ring (bicyclic) bond motifs is 1. The van der Waals surface area contributed by atoms with Crippen molar-refractivity contribution in [1.82, 2.24) is 5.32 Å². The summed E-state index contributed by atoms with van der Waals surface area (Å²) in [6, 6.07) is 13.0. The number of aliphatic imine (C=N–C) groups is 1. The fourth-order valence-electron chi connectivity index (χ4n) is 3.18. The van der Waals surface area contributed by atoms with Gasteiger partial charge in [0, 0.05) is 17.1 Å². The first-order valence-electron chi connectivity index (χ1n) is 8.49. The molecular formula is C20H16ClN3O2S. The number of halogens is 1. The number of amidine groups is 1. The Hall–Kier alpha value is -2.57. The van der Waals surface area contributed by atoms with E-state index in [-0.39, 0.29) is 11.8 Å². The van der Waals surface area contributed by atoms with Crippen LogP contribution in [0.3, 0.4) is 0 Å². The number of thioether (sulfide) groups is 1. The predicted octanol–water partition coefficient (Wildman–Crippen LogP) is 4.28. The van der Waals surface area contributed by atoms with Crippen LogP contribution in [0, 0.1) is 6.92 Å². The van der Waals surface area contributed by atoms with E-state index in [0.717, 1.165) is 16.8 Å². The minimum atomic E-state index is -0.311. The number of carbonyl (C=O) groups is 2. The summed E-state index contributed by atoms with van der Waals surface area (Å²) >= 11 is 7.33. The summed E-state index contributed by atoms with van der Waals surface area (Å²) < 4.78 is 0. The molecule has 4 rings (SSSR count). The van der Waals surface area contributed by atoms with E-state index in [1.54, 1.807) is 11.0 Å². The number of nitrogens with one attached hydrogen (secondary N) is 1. The third kappa shape index (κ3) is 2.95. The lowest BCUT2D eigenvalue weighted by Crippen LogP contribution is -2.26. The summed E-state index contributed by atoms with van der Waals surface area (Å²) in [6.07, 6.45) is 0. The lowest BCUT2D eigenvalue weighted by Gasteiger charge is -2.13. The number of benzene rings is 2. The van der Waals surface area contributed by atoms with E-state index in [1.807, 2.05) is 50.2 Å². The van der Waals surface area contributed by atoms with E-state index in [1.165, 1.54) is 11.8 Å². The van der Waals surface area contributed by atoms with Crippen LogP contribution in [-0.4, -0.2) is 23.5 Å². The highest BCUT2D eigenvalue weighted by Gasteiger charge is 2.38. The van der Waals surface area contributed by atoms with Crippen molar-refractivity contribution >= 4 is 57.3 Å². The quantitative estimate of drug-likeness (QED) is 0.769. The number of para-hydroxylation sites is 1. The van der Waals surface area contributed by atoms with Gasteiger partial charge in [0.1, 0.15) is 0 Å². The van der Waals surface area contributed by atoms with Crippen LogP contribution < -0.4 is 10.2 Å². The summed E-state index contributed by atoms with van der Waals surface area (Å²) in [5.74, 6) is -0.467. The zero-order valence-corrected chi connectivity index (χ0v) is 16.3. The van der Waals surface area contributed by atoms with Gasteiger partial charge in [-0.15, -0.1) is 0 Å². The lowest BCUT2D eigenvalue weighted by molar-refractivity contribution is -0.116. The molecule has 2 aliphatic heterocycles. The van der Waals surface area contributed by atoms with Crippen LogP contribution in [-0.2, 0) is 9.59 Å². The Morgan fingerprint density at radius 3 is 2.70 bits per heavy atom. The molecule has 1 fully saturated rings. The van der Waals surface area contributed by atoms with Crippen molar-refractivity contribution in [2.45, 2.75) is 13.8 Å². The summed E-state index contributed by atoms with van der Waals surface area (Å²) in [6.45, 7) is 4.33. The molecule has 0 aliphatic carbocycles. The van der Waals surface area contributed by atoms with Crippen molar-refractivity contribution < 1.29 is 9.59 Å². The Kier molecular flexibility index (Phi) is 4.53. The highest BCUT2D eigenvalue weighted by molar-refractivity contribution is 8.18. The van der Waals surface area contributed by atoms with Crippen molar-refractivity contribution in [3.8, 4) is 0 Å². The molecule has 1 N–H and O–H groups in total. The average Bonchev–Trinajstić information content (AvgIpc) is 3.14. The first kappa shape index (κ1) is 17.8. The van der Waals surface area contributed by atoms with Gasteiger partial charge in [-0.2, -0.15) is 0 Å². The SMILES string of the molecule is CCN1C(=O)/C(=C2/SC(=Nc3cccc(Cl)c3C)NC2=O)c2ccccc21. The van der Waals surface area contributed by atoms with Crippen LogP contribution in [0.25, 0.3) is 5.57 Å². The van der Waals surface area contributed by atoms with Crippen molar-refractivity contribution in [3.63, 3.8) is 0 Å². The van der Waals surface area contributed by atoms with Crippen molar-refractivity contribution in [3.05, 3.63) is 63.5 Å². The topological polar surface area (TPSA) is 61.8 Å². The summed E-state index contributed by atoms with van der Waals surface area (Å²) in [5, 5.41) is 3.81. The van der Waals surface area contributed by atoms with Gasteiger partial charge in [-0.1, -0.05) is 35.9 Å². The summed E-state index contributed by atoms with van der Waals surface area (Å²) in [5.41, 5.74) is 3.56. The molecule has 0 atom stereocenters. The number of rotatable bonds is 2. The zero-order valence-electron chi connectivity index (χ0n) is 14.7. The molecule has 0 bridgehead atoms. The van der Waals surface area contributed by atoms with E-state index < -0.39 is 0 Å². The van der Waals surface area contributed by atoms with E-state index in [9.17, 15) is 9.59 Å². The molecule has 27 heavy (non-hydrogen) atoms. The molecule has 0 spiro atoms. The van der Waals surface area contributed by atoms with Gasteiger partial charge in [-0.3, -0.25) is 9.59 Å². The molecule has 0 radical (unpaired) electrons. The van der Waals surface area contributed by atoms with E-state index in [2.05, 4.69) is 10.3 Å². The first-order valence-corrected chi connectivity index (χ1v) is 9.69. The maximum Gasteiger partial charge on any atom is 0.264 e. The molecule has 2 amide bonds. The van der Waals surface area contributed by atoms with Gasteiger partial charge in [0.2, 0.25) is 0 Å². The zero-order chi connectivity index (χ0) is 19.1. The normalized spacial score (nSPS) is 20.4. The molecule has 2 aliphatic rings. The number of amides is 2. The summed E-state index contributed by atoms with van der Waals surface area (Å²) in [7, 11) is 0. The monoisotopic (exact) mass is 397 g/mol. The maximum atomic E-state index is 12.9. The van der Waals surface area contributed by atoms with Crippen LogP contribution in [0.15, 0.2) is 52.4 Å². The molecule has 1 saturated heterocycles. The van der Waals surface area contributed by atoms with Crippen molar-refractivity contribution in [1.29, 1.82) is 0 Å². The van der Waals surface area contributed by atoms with Gasteiger partial charge >= 0.3 is 0 Å². The molecular weight excluding hydrogens is 382 g/mol. The Bertz CT molecular complexity index is 1050. The number of hydrogen-bond donors (Lipinski definition) is 1. The highest BCUT2D eigenvalue weighted by atomic mass is 35.5. The van der Waals surface area contributed by atoms with Gasteiger partial charge in [-0.05, 0) is 49.4 Å². The molecule has 5 nitrogen and oxygen atoms in total. The second-order valence-electron chi connectivity index (χ2n) is 6.13. The number of nitrogens with zero attached hydrogens (tertiary/aromatic N) is 2. The average molecular weight is 398 g/mol. The van der Waals surface area contributed by atoms with E-state index in [4.69, 9.17) is 11.6 Å². The minimum Gasteiger partial charge on any atom is -0.308 e. The van der Waals surface area contributed by atoms with E-state index in [0.29, 0.717) is 32.9 Å². The summed E-state index contributed by atoms with van der Waals surface area (Å²) in [4.78, 5) is 32.1. The van der Waals surface area contributed by atoms with Crippen molar-refractivity contribution in [2.24, 2.45) is 4.99 Å². The van der Waals surface area contributed by atoms with Crippen LogP contribution >= 0.6 is 23.4 Å². The standard InChI is InChI=1S/C20H16ClN3O2S/c1-3-24-15-10-5-4-7-12(15)16(19(24)26)17-18(25)23-20(27-17)22-14-9-6-8-13(21)11(14)2/h4-10H,3H2,1-2H3,(H,22,23,25)/b17-16+. The molecule has 2 aromatic rings. The van der Waals surface area contributed by atoms with Gasteiger partial charge in [0.05, 0.1) is 21.9 Å². The van der Waals surface area contributed by atoms with Gasteiger partial charge in [0.25, 0.3) is 11.8 Å². The number of carbonyl (C=O) groups excluding carboxylic acids is 2. The van der Waals surface area contributed by atoms with Crippen LogP contribution in [0.4, 0.5) is 11.4 Å². The molecule has 136 valence electrons. The van der Waals surface area contributed by atoms with Crippen LogP contribution in [0.5, 0.6) is 0 Å². The van der Waals surface area contributed by atoms with Crippen LogP contribution in [0.2, 0.25) is 5.02 Å². The fourth-order valence-corrected chi connectivity index (χ4v) is 4.27. The molecule has 2 heterocycles. The van der Waals surface area contributed by atoms with Crippen molar-refractivity contribution in [2.75, 3.05) is 11.4 Å². The third-order valence-electron chi connectivity index (χ3n) is 4.55. The van der Waals surface area contributed by atoms with E-state index >= 15 is 0 Å². The minimum absolute atomic E-state index is 0.156. The second-order valence-corrected chi connectivity index (χ2v) is 7.53. The number of likely N-dealkylation sites (N-methyl/N-ethyl adjacent to an activating group) is 1. The third-order valence-corrected chi connectivity index (χ3v) is 5.94. The van der Waals surface area contributed by atoms with Gasteiger partial charge in [0.15, 0.2) is 5.17 Å². The Morgan fingerprint density at radius 2 is 1.93 bits per heavy atom. The Labute approximate surface area is 166 Å². The van der Waals surface area contributed by atoms with Gasteiger partial charge < -0.3 is 10.2 Å². The number of hydrogen-bond acceptors (Lipinski definition) is 4. The molecule has 0 aromatic heterocycles. The molecule has 7 heteroatoms. The fraction of sp³-hybridized carbons (Fsp3) is 0.150. The molecule has 0 unspecified atom stereocenters. The largest absolute Gasteiger partial charge is 0.308 e. The smallest absolute Gasteiger partial charge is 0.264 e. The highest BCUT2D eigenvalue weighted by Crippen LogP contribution is 2.42. The lowest BCUT2D eigenvalue weighted by atomic mass is 10.1. The predicted molar refractivity (Wildman–Crippen MR) is 110 cm³/mol. The molecule has 2 aromatic carbocycles. The van der Waals surface area contributed by atoms with Crippen LogP contribution in [0.1, 0.15) is 18.1 Å². The first-order chi connectivity index (χ1) is 13.0. The molecule has 0 saturated carbocycles. The Morgan fingerprint density at radius 1 is 1.15 bits per heavy atom. The Balaban J connectivity index is 1.78.